The molecule has 1 aromatic heterocycles. The molecule has 0 fully saturated rings. The standard InChI is InChI=1S/C18H25N5/c1-4-15-18(19)21-10-17(22-15)12-8-13-11-23(3)7-6-14(13)16(9-12)20-5-2/h8-10,20H,4-7,11H2,1-3H3,(H2,19,21). The van der Waals surface area contributed by atoms with Crippen LogP contribution in [0.1, 0.15) is 30.7 Å². The zero-order valence-corrected chi connectivity index (χ0v) is 14.2. The Labute approximate surface area is 137 Å². The summed E-state index contributed by atoms with van der Waals surface area (Å²) in [5.74, 6) is 0.529. The van der Waals surface area contributed by atoms with Crippen LogP contribution in [0.25, 0.3) is 11.3 Å². The highest BCUT2D eigenvalue weighted by Gasteiger charge is 2.18. The maximum absolute atomic E-state index is 5.89. The molecule has 0 atom stereocenters. The highest BCUT2D eigenvalue weighted by atomic mass is 15.1. The average molecular weight is 311 g/mol. The van der Waals surface area contributed by atoms with Gasteiger partial charge in [-0.25, -0.2) is 9.97 Å². The lowest BCUT2D eigenvalue weighted by Crippen LogP contribution is -2.27. The van der Waals surface area contributed by atoms with Gasteiger partial charge in [-0.3, -0.25) is 0 Å². The predicted octanol–water partition coefficient (Wildman–Crippen LogP) is 2.71. The number of nitrogens with two attached hydrogens (primary N) is 1. The average Bonchev–Trinajstić information content (AvgIpc) is 2.55. The number of hydrogen-bond acceptors (Lipinski definition) is 5. The molecule has 0 aliphatic carbocycles. The van der Waals surface area contributed by atoms with Gasteiger partial charge in [0, 0.05) is 30.9 Å². The number of fused-ring (bicyclic) bond motifs is 1. The number of benzene rings is 1. The second-order valence-electron chi connectivity index (χ2n) is 6.12. The molecule has 0 bridgehead atoms. The number of anilines is 2. The van der Waals surface area contributed by atoms with Crippen molar-refractivity contribution in [2.75, 3.05) is 31.2 Å². The van der Waals surface area contributed by atoms with Crippen molar-refractivity contribution in [1.82, 2.24) is 14.9 Å². The molecule has 0 amide bonds. The maximum atomic E-state index is 5.89. The largest absolute Gasteiger partial charge is 0.385 e. The van der Waals surface area contributed by atoms with Crippen molar-refractivity contribution in [3.63, 3.8) is 0 Å². The molecule has 0 saturated carbocycles. The molecule has 1 aromatic carbocycles. The molecular weight excluding hydrogens is 286 g/mol. The number of rotatable bonds is 4. The summed E-state index contributed by atoms with van der Waals surface area (Å²) < 4.78 is 0. The van der Waals surface area contributed by atoms with Crippen LogP contribution in [-0.4, -0.2) is 35.0 Å². The van der Waals surface area contributed by atoms with Crippen LogP contribution >= 0.6 is 0 Å². The third-order valence-electron chi connectivity index (χ3n) is 4.40. The number of likely N-dealkylation sites (N-methyl/N-ethyl adjacent to an activating group) is 1. The molecule has 2 heterocycles. The molecular formula is C18H25N5. The number of nitrogens with one attached hydrogen (secondary N) is 1. The van der Waals surface area contributed by atoms with E-state index in [0.29, 0.717) is 5.82 Å². The number of aryl methyl sites for hydroxylation is 1. The zero-order valence-electron chi connectivity index (χ0n) is 14.2. The minimum atomic E-state index is 0.529. The fraction of sp³-hybridized carbons (Fsp3) is 0.444. The summed E-state index contributed by atoms with van der Waals surface area (Å²) in [6.07, 6.45) is 3.65. The van der Waals surface area contributed by atoms with Gasteiger partial charge in [0.1, 0.15) is 5.82 Å². The quantitative estimate of drug-likeness (QED) is 0.909. The summed E-state index contributed by atoms with van der Waals surface area (Å²) in [5.41, 5.74) is 12.8. The normalized spacial score (nSPS) is 14.6. The lowest BCUT2D eigenvalue weighted by Gasteiger charge is -2.28. The van der Waals surface area contributed by atoms with Crippen LogP contribution in [-0.2, 0) is 19.4 Å². The van der Waals surface area contributed by atoms with Gasteiger partial charge in [0.15, 0.2) is 0 Å². The van der Waals surface area contributed by atoms with Gasteiger partial charge >= 0.3 is 0 Å². The molecule has 0 spiro atoms. The summed E-state index contributed by atoms with van der Waals surface area (Å²) in [5, 5.41) is 3.51. The van der Waals surface area contributed by atoms with E-state index in [0.717, 1.165) is 49.4 Å². The topological polar surface area (TPSA) is 67.1 Å². The Morgan fingerprint density at radius 2 is 2.13 bits per heavy atom. The Hall–Kier alpha value is -2.14. The van der Waals surface area contributed by atoms with E-state index in [1.807, 2.05) is 0 Å². The Balaban J connectivity index is 2.09. The molecule has 0 saturated heterocycles. The number of hydrogen-bond donors (Lipinski definition) is 2. The van der Waals surface area contributed by atoms with Crippen LogP contribution in [0.2, 0.25) is 0 Å². The molecule has 0 radical (unpaired) electrons. The van der Waals surface area contributed by atoms with Gasteiger partial charge in [-0.2, -0.15) is 0 Å². The van der Waals surface area contributed by atoms with E-state index < -0.39 is 0 Å². The van der Waals surface area contributed by atoms with Gasteiger partial charge in [-0.05, 0) is 50.1 Å². The molecule has 5 heteroatoms. The second kappa shape index (κ2) is 6.54. The van der Waals surface area contributed by atoms with Crippen molar-refractivity contribution in [2.24, 2.45) is 0 Å². The third-order valence-corrected chi connectivity index (χ3v) is 4.40. The molecule has 5 nitrogen and oxygen atoms in total. The Morgan fingerprint density at radius 3 is 2.87 bits per heavy atom. The Bertz CT molecular complexity index is 694. The van der Waals surface area contributed by atoms with Gasteiger partial charge in [0.05, 0.1) is 17.6 Å². The van der Waals surface area contributed by atoms with Crippen molar-refractivity contribution in [2.45, 2.75) is 33.2 Å². The maximum Gasteiger partial charge on any atom is 0.145 e. The van der Waals surface area contributed by atoms with Gasteiger partial charge in [0.2, 0.25) is 0 Å². The van der Waals surface area contributed by atoms with E-state index in [9.17, 15) is 0 Å². The molecule has 23 heavy (non-hydrogen) atoms. The fourth-order valence-corrected chi connectivity index (χ4v) is 3.17. The van der Waals surface area contributed by atoms with Crippen LogP contribution in [0.4, 0.5) is 11.5 Å². The van der Waals surface area contributed by atoms with Crippen LogP contribution in [0, 0.1) is 0 Å². The molecule has 0 unspecified atom stereocenters. The van der Waals surface area contributed by atoms with E-state index in [2.05, 4.69) is 48.2 Å². The number of nitrogens with zero attached hydrogens (tertiary/aromatic N) is 3. The van der Waals surface area contributed by atoms with Crippen molar-refractivity contribution in [3.8, 4) is 11.3 Å². The van der Waals surface area contributed by atoms with Crippen LogP contribution in [0.3, 0.4) is 0 Å². The van der Waals surface area contributed by atoms with E-state index >= 15 is 0 Å². The van der Waals surface area contributed by atoms with Gasteiger partial charge in [0.25, 0.3) is 0 Å². The SMILES string of the molecule is CCNc1cc(-c2cnc(N)c(CC)n2)cc2c1CCN(C)C2. The second-order valence-corrected chi connectivity index (χ2v) is 6.12. The fourth-order valence-electron chi connectivity index (χ4n) is 3.17. The van der Waals surface area contributed by atoms with E-state index in [4.69, 9.17) is 10.7 Å². The first-order chi connectivity index (χ1) is 11.1. The van der Waals surface area contributed by atoms with Crippen molar-refractivity contribution < 1.29 is 0 Å². The molecule has 2 aromatic rings. The zero-order chi connectivity index (χ0) is 16.4. The molecule has 3 N–H and O–H groups in total. The van der Waals surface area contributed by atoms with Crippen LogP contribution in [0.15, 0.2) is 18.3 Å². The smallest absolute Gasteiger partial charge is 0.145 e. The lowest BCUT2D eigenvalue weighted by molar-refractivity contribution is 0.313. The summed E-state index contributed by atoms with van der Waals surface area (Å²) >= 11 is 0. The summed E-state index contributed by atoms with van der Waals surface area (Å²) in [7, 11) is 2.17. The van der Waals surface area contributed by atoms with E-state index in [1.165, 1.54) is 16.8 Å². The van der Waals surface area contributed by atoms with Gasteiger partial charge in [-0.15, -0.1) is 0 Å². The predicted molar refractivity (Wildman–Crippen MR) is 95.5 cm³/mol. The highest BCUT2D eigenvalue weighted by molar-refractivity contribution is 5.70. The Kier molecular flexibility index (Phi) is 4.48. The first-order valence-corrected chi connectivity index (χ1v) is 8.32. The first-order valence-electron chi connectivity index (χ1n) is 8.32. The van der Waals surface area contributed by atoms with Gasteiger partial charge in [-0.1, -0.05) is 6.92 Å². The minimum absolute atomic E-state index is 0.529. The first kappa shape index (κ1) is 15.7. The lowest BCUT2D eigenvalue weighted by atomic mass is 9.94. The van der Waals surface area contributed by atoms with Crippen LogP contribution < -0.4 is 11.1 Å². The number of aromatic nitrogens is 2. The molecule has 122 valence electrons. The summed E-state index contributed by atoms with van der Waals surface area (Å²) in [4.78, 5) is 11.4. The molecule has 1 aliphatic rings. The van der Waals surface area contributed by atoms with E-state index in [1.54, 1.807) is 6.20 Å². The number of nitrogen functional groups attached to an aromatic ring is 1. The minimum Gasteiger partial charge on any atom is -0.385 e. The summed E-state index contributed by atoms with van der Waals surface area (Å²) in [6, 6.07) is 4.46. The third kappa shape index (κ3) is 3.15. The van der Waals surface area contributed by atoms with Crippen molar-refractivity contribution in [3.05, 3.63) is 35.2 Å². The Morgan fingerprint density at radius 1 is 1.30 bits per heavy atom. The van der Waals surface area contributed by atoms with Crippen molar-refractivity contribution in [1.29, 1.82) is 0 Å². The van der Waals surface area contributed by atoms with E-state index in [-0.39, 0.29) is 0 Å². The highest BCUT2D eigenvalue weighted by Crippen LogP contribution is 2.32. The molecule has 1 aliphatic heterocycles. The van der Waals surface area contributed by atoms with Crippen LogP contribution in [0.5, 0.6) is 0 Å². The van der Waals surface area contributed by atoms with Crippen molar-refractivity contribution >= 4 is 11.5 Å². The molecule has 3 rings (SSSR count). The summed E-state index contributed by atoms with van der Waals surface area (Å²) in [6.45, 7) is 7.18. The monoisotopic (exact) mass is 311 g/mol. The van der Waals surface area contributed by atoms with Gasteiger partial charge < -0.3 is 16.0 Å².